The third kappa shape index (κ3) is 2.09. The molecule has 1 atom stereocenters. The predicted octanol–water partition coefficient (Wildman–Crippen LogP) is 2.61. The van der Waals surface area contributed by atoms with Crippen LogP contribution in [0, 0.1) is 0 Å². The van der Waals surface area contributed by atoms with Crippen LogP contribution >= 0.6 is 10.5 Å². The average Bonchev–Trinajstić information content (AvgIpc) is 2.28. The first-order valence-electron chi connectivity index (χ1n) is 4.20. The fraction of sp³-hybridized carbons (Fsp3) is 0.778. The van der Waals surface area contributed by atoms with E-state index in [2.05, 4.69) is 38.7 Å². The van der Waals surface area contributed by atoms with Crippen LogP contribution in [0.15, 0.2) is 5.16 Å². The molecule has 0 aromatic heterocycles. The lowest BCUT2D eigenvalue weighted by Gasteiger charge is -2.14. The zero-order valence-corrected chi connectivity index (χ0v) is 9.07. The molecule has 1 rings (SSSR count). The molecular weight excluding hydrogens is 170 g/mol. The van der Waals surface area contributed by atoms with Gasteiger partial charge < -0.3 is 4.84 Å². The third-order valence-corrected chi connectivity index (χ3v) is 3.81. The lowest BCUT2D eigenvalue weighted by atomic mass is 10.1. The minimum atomic E-state index is -0.104. The van der Waals surface area contributed by atoms with Crippen molar-refractivity contribution in [2.75, 3.05) is 0 Å². The Labute approximate surface area is 76.9 Å². The zero-order chi connectivity index (χ0) is 9.35. The van der Waals surface area contributed by atoms with Crippen molar-refractivity contribution in [3.05, 3.63) is 0 Å². The minimum Gasteiger partial charge on any atom is -0.389 e. The summed E-state index contributed by atoms with van der Waals surface area (Å²) in [6, 6.07) is 0. The maximum atomic E-state index is 5.28. The van der Waals surface area contributed by atoms with Gasteiger partial charge in [0.1, 0.15) is 10.6 Å². The molecule has 12 heavy (non-hydrogen) atoms. The van der Waals surface area contributed by atoms with E-state index in [1.54, 1.807) is 0 Å². The van der Waals surface area contributed by atoms with Gasteiger partial charge in [-0.25, -0.2) is 0 Å². The third-order valence-electron chi connectivity index (χ3n) is 1.84. The highest BCUT2D eigenvalue weighted by atomic mass is 32.2. The molecule has 0 saturated carbocycles. The molecule has 3 heteroatoms. The van der Waals surface area contributed by atoms with Crippen molar-refractivity contribution in [2.24, 2.45) is 5.16 Å². The highest BCUT2D eigenvalue weighted by molar-refractivity contribution is 8.27. The van der Waals surface area contributed by atoms with Crippen LogP contribution < -0.4 is 0 Å². The smallest absolute Gasteiger partial charge is 0.138 e. The summed E-state index contributed by atoms with van der Waals surface area (Å²) in [5, 5.41) is 5.78. The van der Waals surface area contributed by atoms with E-state index in [1.807, 2.05) is 0 Å². The van der Waals surface area contributed by atoms with Crippen LogP contribution in [-0.2, 0) is 4.84 Å². The Balaban J connectivity index is 2.64. The predicted molar refractivity (Wildman–Crippen MR) is 57.1 cm³/mol. The topological polar surface area (TPSA) is 21.6 Å². The zero-order valence-electron chi connectivity index (χ0n) is 8.26. The van der Waals surface area contributed by atoms with E-state index in [0.29, 0.717) is 5.25 Å². The molecule has 1 aliphatic heterocycles. The Morgan fingerprint density at radius 3 is 2.50 bits per heavy atom. The average molecular weight is 187 g/mol. The van der Waals surface area contributed by atoms with Gasteiger partial charge in [0.05, 0.1) is 0 Å². The summed E-state index contributed by atoms with van der Waals surface area (Å²) in [6.45, 7) is 8.45. The van der Waals surface area contributed by atoms with Gasteiger partial charge in [0.25, 0.3) is 0 Å². The molecular formula is C9H17NOS. The van der Waals surface area contributed by atoms with E-state index in [4.69, 9.17) is 4.84 Å². The van der Waals surface area contributed by atoms with Gasteiger partial charge in [-0.2, -0.15) is 0 Å². The molecule has 1 aliphatic rings. The van der Waals surface area contributed by atoms with Crippen molar-refractivity contribution in [1.29, 1.82) is 0 Å². The van der Waals surface area contributed by atoms with Crippen molar-refractivity contribution in [1.82, 2.24) is 0 Å². The monoisotopic (exact) mass is 187 g/mol. The molecule has 70 valence electrons. The highest BCUT2D eigenvalue weighted by Crippen LogP contribution is 2.32. The van der Waals surface area contributed by atoms with Crippen LogP contribution in [-0.4, -0.2) is 21.8 Å². The summed E-state index contributed by atoms with van der Waals surface area (Å²) in [4.78, 5) is 5.28. The molecule has 0 aliphatic carbocycles. The Hall–Kier alpha value is -0.310. The lowest BCUT2D eigenvalue weighted by Crippen LogP contribution is -2.18. The second-order valence-electron chi connectivity index (χ2n) is 3.99. The number of nitrogens with zero attached hydrogens (tertiary/aromatic N) is 1. The normalized spacial score (nSPS) is 23.6. The van der Waals surface area contributed by atoms with Crippen molar-refractivity contribution in [2.45, 2.75) is 45.0 Å². The van der Waals surface area contributed by atoms with E-state index < -0.39 is 0 Å². The van der Waals surface area contributed by atoms with Gasteiger partial charge in [0, 0.05) is 6.42 Å². The van der Waals surface area contributed by atoms with Crippen LogP contribution in [0.4, 0.5) is 0 Å². The van der Waals surface area contributed by atoms with E-state index >= 15 is 0 Å². The molecule has 1 heterocycles. The molecule has 1 unspecified atom stereocenters. The largest absolute Gasteiger partial charge is 0.389 e. The molecule has 0 saturated heterocycles. The first-order chi connectivity index (χ1) is 5.42. The van der Waals surface area contributed by atoms with Crippen LogP contribution in [0.1, 0.15) is 34.1 Å². The van der Waals surface area contributed by atoms with Crippen molar-refractivity contribution in [3.63, 3.8) is 0 Å². The molecule has 0 fully saturated rings. The van der Waals surface area contributed by atoms with Crippen LogP contribution in [0.5, 0.6) is 0 Å². The standard InChI is InChI=1S/C9H17NOS/c1-7(2)12(5)8-6-9(3,4)11-10-8/h7H,5-6H2,1-4H3. The van der Waals surface area contributed by atoms with Gasteiger partial charge >= 0.3 is 0 Å². The number of hydrogen-bond acceptors (Lipinski definition) is 2. The molecule has 0 aromatic carbocycles. The van der Waals surface area contributed by atoms with E-state index in [-0.39, 0.29) is 16.1 Å². The summed E-state index contributed by atoms with van der Waals surface area (Å²) >= 11 is 0. The molecule has 0 amide bonds. The maximum absolute atomic E-state index is 5.28. The summed E-state index contributed by atoms with van der Waals surface area (Å²) in [5.74, 6) is 4.10. The summed E-state index contributed by atoms with van der Waals surface area (Å²) < 4.78 is 0. The van der Waals surface area contributed by atoms with Gasteiger partial charge in [0.15, 0.2) is 0 Å². The van der Waals surface area contributed by atoms with E-state index in [9.17, 15) is 0 Å². The second-order valence-corrected chi connectivity index (χ2v) is 6.26. The van der Waals surface area contributed by atoms with Crippen LogP contribution in [0.2, 0.25) is 0 Å². The molecule has 0 spiro atoms. The second kappa shape index (κ2) is 3.21. The number of hydrogen-bond donors (Lipinski definition) is 0. The molecule has 2 nitrogen and oxygen atoms in total. The van der Waals surface area contributed by atoms with Crippen LogP contribution in [0.3, 0.4) is 0 Å². The SMILES string of the molecule is C=S(C1=NOC(C)(C)C1)C(C)C. The van der Waals surface area contributed by atoms with E-state index in [0.717, 1.165) is 11.5 Å². The number of oxime groups is 1. The maximum Gasteiger partial charge on any atom is 0.138 e. The summed E-state index contributed by atoms with van der Waals surface area (Å²) in [6.07, 6.45) is 0.928. The summed E-state index contributed by atoms with van der Waals surface area (Å²) in [7, 11) is 0.0313. The fourth-order valence-corrected chi connectivity index (χ4v) is 2.23. The quantitative estimate of drug-likeness (QED) is 0.578. The Morgan fingerprint density at radius 1 is 1.58 bits per heavy atom. The Morgan fingerprint density at radius 2 is 2.17 bits per heavy atom. The highest BCUT2D eigenvalue weighted by Gasteiger charge is 2.30. The first-order valence-corrected chi connectivity index (χ1v) is 5.66. The van der Waals surface area contributed by atoms with Crippen LogP contribution in [0.25, 0.3) is 0 Å². The van der Waals surface area contributed by atoms with Gasteiger partial charge in [-0.15, -0.1) is 10.5 Å². The fourth-order valence-electron chi connectivity index (χ4n) is 1.02. The van der Waals surface area contributed by atoms with Crippen molar-refractivity contribution < 1.29 is 4.84 Å². The Kier molecular flexibility index (Phi) is 2.61. The van der Waals surface area contributed by atoms with Crippen molar-refractivity contribution >= 4 is 21.4 Å². The van der Waals surface area contributed by atoms with Crippen molar-refractivity contribution in [3.8, 4) is 0 Å². The van der Waals surface area contributed by atoms with Gasteiger partial charge in [-0.05, 0) is 19.1 Å². The Bertz CT molecular complexity index is 231. The lowest BCUT2D eigenvalue weighted by molar-refractivity contribution is 0.0123. The molecule has 0 bridgehead atoms. The number of rotatable bonds is 1. The van der Waals surface area contributed by atoms with Gasteiger partial charge in [-0.3, -0.25) is 0 Å². The molecule has 0 N–H and O–H groups in total. The van der Waals surface area contributed by atoms with E-state index in [1.165, 1.54) is 0 Å². The van der Waals surface area contributed by atoms with Gasteiger partial charge in [0.2, 0.25) is 0 Å². The van der Waals surface area contributed by atoms with Gasteiger partial charge in [-0.1, -0.05) is 24.9 Å². The first kappa shape index (κ1) is 9.78. The molecule has 0 aromatic rings. The molecule has 0 radical (unpaired) electrons. The summed E-state index contributed by atoms with van der Waals surface area (Å²) in [5.41, 5.74) is -0.104. The minimum absolute atomic E-state index is 0.0313.